The van der Waals surface area contributed by atoms with Gasteiger partial charge in [0.1, 0.15) is 5.78 Å². The quantitative estimate of drug-likeness (QED) is 0.653. The lowest BCUT2D eigenvalue weighted by Gasteiger charge is -2.13. The molecule has 2 nitrogen and oxygen atoms in total. The number of carbonyl (C=O) groups is 1. The second-order valence-corrected chi connectivity index (χ2v) is 3.91. The lowest BCUT2D eigenvalue weighted by atomic mass is 9.90. The molecule has 0 radical (unpaired) electrons. The number of ketones is 1. The number of hydrogen-bond acceptors (Lipinski definition) is 2. The van der Waals surface area contributed by atoms with Crippen LogP contribution in [0.4, 0.5) is 0 Å². The van der Waals surface area contributed by atoms with Crippen molar-refractivity contribution in [1.82, 2.24) is 5.32 Å². The highest BCUT2D eigenvalue weighted by molar-refractivity contribution is 5.81. The van der Waals surface area contributed by atoms with E-state index in [0.717, 1.165) is 13.0 Å². The zero-order chi connectivity index (χ0) is 9.78. The summed E-state index contributed by atoms with van der Waals surface area (Å²) in [5.41, 5.74) is 0.316. The number of Topliss-reactive ketones (excluding diaryl/α,β-unsaturated/α-hetero) is 1. The van der Waals surface area contributed by atoms with Crippen molar-refractivity contribution < 1.29 is 4.79 Å². The molecule has 1 aliphatic heterocycles. The molecule has 0 aromatic carbocycles. The van der Waals surface area contributed by atoms with Crippen molar-refractivity contribution >= 4 is 5.78 Å². The van der Waals surface area contributed by atoms with E-state index in [2.05, 4.69) is 19.2 Å². The summed E-state index contributed by atoms with van der Waals surface area (Å²) in [5, 5.41) is 3.20. The van der Waals surface area contributed by atoms with E-state index >= 15 is 0 Å². The summed E-state index contributed by atoms with van der Waals surface area (Å²) in [7, 11) is 0. The van der Waals surface area contributed by atoms with E-state index in [4.69, 9.17) is 0 Å². The van der Waals surface area contributed by atoms with Crippen LogP contribution in [0.5, 0.6) is 0 Å². The third kappa shape index (κ3) is 3.35. The summed E-state index contributed by atoms with van der Waals surface area (Å²) in [4.78, 5) is 10.9. The van der Waals surface area contributed by atoms with Gasteiger partial charge in [-0.2, -0.15) is 0 Å². The third-order valence-electron chi connectivity index (χ3n) is 2.07. The molecule has 2 heteroatoms. The average molecular weight is 171 g/mol. The van der Waals surface area contributed by atoms with Crippen LogP contribution in [0.3, 0.4) is 0 Å². The average Bonchev–Trinajstić information content (AvgIpc) is 2.35. The van der Waals surface area contributed by atoms with Crippen molar-refractivity contribution in [1.29, 1.82) is 0 Å². The second-order valence-electron chi connectivity index (χ2n) is 3.91. The monoisotopic (exact) mass is 171 g/mol. The fourth-order valence-electron chi connectivity index (χ4n) is 1.38. The lowest BCUT2D eigenvalue weighted by Crippen LogP contribution is -2.28. The van der Waals surface area contributed by atoms with Crippen LogP contribution >= 0.6 is 0 Å². The van der Waals surface area contributed by atoms with Gasteiger partial charge in [0.2, 0.25) is 0 Å². The summed E-state index contributed by atoms with van der Waals surface area (Å²) >= 11 is 0. The van der Waals surface area contributed by atoms with Crippen LogP contribution in [0.2, 0.25) is 0 Å². The van der Waals surface area contributed by atoms with Crippen LogP contribution in [0.1, 0.15) is 41.0 Å². The molecule has 0 amide bonds. The van der Waals surface area contributed by atoms with E-state index in [0.29, 0.717) is 5.41 Å². The van der Waals surface area contributed by atoms with Gasteiger partial charge in [0, 0.05) is 6.54 Å². The van der Waals surface area contributed by atoms with Crippen LogP contribution in [-0.2, 0) is 4.79 Å². The summed E-state index contributed by atoms with van der Waals surface area (Å²) < 4.78 is 0. The molecule has 0 aliphatic carbocycles. The molecule has 72 valence electrons. The minimum atomic E-state index is 0.120. The van der Waals surface area contributed by atoms with Crippen molar-refractivity contribution in [3.8, 4) is 0 Å². The van der Waals surface area contributed by atoms with Gasteiger partial charge in [-0.25, -0.2) is 0 Å². The molecule has 0 saturated carbocycles. The summed E-state index contributed by atoms with van der Waals surface area (Å²) in [6, 6.07) is 0.120. The number of hydrogen-bond donors (Lipinski definition) is 1. The van der Waals surface area contributed by atoms with Crippen LogP contribution in [0, 0.1) is 5.41 Å². The molecule has 12 heavy (non-hydrogen) atoms. The van der Waals surface area contributed by atoms with Crippen molar-refractivity contribution in [3.63, 3.8) is 0 Å². The van der Waals surface area contributed by atoms with Gasteiger partial charge < -0.3 is 5.32 Å². The van der Waals surface area contributed by atoms with Crippen LogP contribution in [0.15, 0.2) is 0 Å². The molecule has 0 bridgehead atoms. The largest absolute Gasteiger partial charge is 0.307 e. The number of carbonyl (C=O) groups excluding carboxylic acids is 1. The Hall–Kier alpha value is -0.370. The molecular formula is C10H21NO. The Labute approximate surface area is 75.7 Å². The standard InChI is InChI=1S/C8H15NO.C2H6/c1-6(10)7-4-8(2,3)5-9-7;1-2/h7,9H,4-5H2,1-3H3;1-2H3. The SMILES string of the molecule is CC.CC(=O)C1CC(C)(C)CN1. The molecule has 1 saturated heterocycles. The number of nitrogens with one attached hydrogen (secondary N) is 1. The summed E-state index contributed by atoms with van der Waals surface area (Å²) in [6.07, 6.45) is 0.988. The summed E-state index contributed by atoms with van der Waals surface area (Å²) in [6.45, 7) is 11.0. The maximum absolute atomic E-state index is 10.9. The molecule has 1 heterocycles. The van der Waals surface area contributed by atoms with Crippen LogP contribution < -0.4 is 5.32 Å². The molecular weight excluding hydrogens is 150 g/mol. The van der Waals surface area contributed by atoms with Gasteiger partial charge in [0.05, 0.1) is 6.04 Å². The van der Waals surface area contributed by atoms with Gasteiger partial charge in [-0.3, -0.25) is 4.79 Å². The Balaban J connectivity index is 0.000000561. The predicted molar refractivity (Wildman–Crippen MR) is 52.2 cm³/mol. The minimum Gasteiger partial charge on any atom is -0.307 e. The van der Waals surface area contributed by atoms with Crippen molar-refractivity contribution in [2.24, 2.45) is 5.41 Å². The summed E-state index contributed by atoms with van der Waals surface area (Å²) in [5.74, 6) is 0.269. The van der Waals surface area contributed by atoms with Crippen molar-refractivity contribution in [2.75, 3.05) is 6.54 Å². The van der Waals surface area contributed by atoms with E-state index in [1.54, 1.807) is 6.92 Å². The maximum atomic E-state index is 10.9. The minimum absolute atomic E-state index is 0.120. The first-order chi connectivity index (χ1) is 5.51. The Morgan fingerprint density at radius 2 is 1.92 bits per heavy atom. The van der Waals surface area contributed by atoms with Gasteiger partial charge in [0.15, 0.2) is 0 Å². The normalized spacial score (nSPS) is 25.9. The predicted octanol–water partition coefficient (Wildman–Crippen LogP) is 1.99. The highest BCUT2D eigenvalue weighted by atomic mass is 16.1. The Morgan fingerprint density at radius 1 is 1.42 bits per heavy atom. The third-order valence-corrected chi connectivity index (χ3v) is 2.07. The molecule has 0 spiro atoms. The number of rotatable bonds is 1. The van der Waals surface area contributed by atoms with E-state index < -0.39 is 0 Å². The van der Waals surface area contributed by atoms with Crippen molar-refractivity contribution in [2.45, 2.75) is 47.1 Å². The van der Waals surface area contributed by atoms with E-state index in [1.165, 1.54) is 0 Å². The molecule has 1 rings (SSSR count). The van der Waals surface area contributed by atoms with E-state index in [-0.39, 0.29) is 11.8 Å². The molecule has 1 atom stereocenters. The van der Waals surface area contributed by atoms with Gasteiger partial charge in [-0.15, -0.1) is 0 Å². The van der Waals surface area contributed by atoms with Crippen LogP contribution in [-0.4, -0.2) is 18.4 Å². The molecule has 0 aromatic heterocycles. The fraction of sp³-hybridized carbons (Fsp3) is 0.900. The fourth-order valence-corrected chi connectivity index (χ4v) is 1.38. The Morgan fingerprint density at radius 3 is 2.08 bits per heavy atom. The van der Waals surface area contributed by atoms with E-state index in [1.807, 2.05) is 13.8 Å². The zero-order valence-electron chi connectivity index (χ0n) is 8.90. The first-order valence-electron chi connectivity index (χ1n) is 4.75. The molecule has 0 aromatic rings. The highest BCUT2D eigenvalue weighted by Crippen LogP contribution is 2.27. The molecule has 1 aliphatic rings. The smallest absolute Gasteiger partial charge is 0.146 e. The topological polar surface area (TPSA) is 29.1 Å². The first kappa shape index (κ1) is 11.6. The molecule has 1 N–H and O–H groups in total. The zero-order valence-corrected chi connectivity index (χ0v) is 8.90. The second kappa shape index (κ2) is 4.61. The lowest BCUT2D eigenvalue weighted by molar-refractivity contribution is -0.118. The van der Waals surface area contributed by atoms with E-state index in [9.17, 15) is 4.79 Å². The Bertz CT molecular complexity index is 152. The van der Waals surface area contributed by atoms with Gasteiger partial charge >= 0.3 is 0 Å². The first-order valence-corrected chi connectivity index (χ1v) is 4.75. The molecule has 1 unspecified atom stereocenters. The maximum Gasteiger partial charge on any atom is 0.146 e. The molecule has 1 fully saturated rings. The van der Waals surface area contributed by atoms with Gasteiger partial charge in [-0.1, -0.05) is 27.7 Å². The van der Waals surface area contributed by atoms with Crippen molar-refractivity contribution in [3.05, 3.63) is 0 Å². The van der Waals surface area contributed by atoms with Gasteiger partial charge in [0.25, 0.3) is 0 Å². The Kier molecular flexibility index (Phi) is 4.46. The van der Waals surface area contributed by atoms with Crippen LogP contribution in [0.25, 0.3) is 0 Å². The van der Waals surface area contributed by atoms with Gasteiger partial charge in [-0.05, 0) is 18.8 Å². The highest BCUT2D eigenvalue weighted by Gasteiger charge is 2.32.